The summed E-state index contributed by atoms with van der Waals surface area (Å²) in [6.45, 7) is 3.62. The third-order valence-corrected chi connectivity index (χ3v) is 14.3. The summed E-state index contributed by atoms with van der Waals surface area (Å²) in [6, 6.07) is 0.527. The lowest BCUT2D eigenvalue weighted by Gasteiger charge is -2.35. The van der Waals surface area contributed by atoms with Gasteiger partial charge in [-0.3, -0.25) is 19.1 Å². The number of aromatic nitrogens is 2. The number of amides is 4. The van der Waals surface area contributed by atoms with Crippen LogP contribution >= 0.6 is 0 Å². The van der Waals surface area contributed by atoms with Gasteiger partial charge < -0.3 is 34.5 Å². The van der Waals surface area contributed by atoms with E-state index >= 15 is 0 Å². The van der Waals surface area contributed by atoms with Gasteiger partial charge >= 0.3 is 18.4 Å². The Morgan fingerprint density at radius 2 is 1.73 bits per heavy atom. The summed E-state index contributed by atoms with van der Waals surface area (Å²) < 4.78 is 134. The summed E-state index contributed by atoms with van der Waals surface area (Å²) in [7, 11) is -1.58. The number of sulfonamides is 1. The number of allylic oxidation sites excluding steroid dienone is 1. The zero-order chi connectivity index (χ0) is 46.5. The van der Waals surface area contributed by atoms with Crippen molar-refractivity contribution in [3.8, 4) is 11.6 Å². The number of benzene rings is 1. The molecule has 16 nitrogen and oxygen atoms in total. The first kappa shape index (κ1) is 47.5. The van der Waals surface area contributed by atoms with Crippen LogP contribution in [0.15, 0.2) is 30.4 Å². The number of fused-ring (bicyclic) bond motifs is 3. The van der Waals surface area contributed by atoms with Crippen molar-refractivity contribution in [2.45, 2.75) is 119 Å². The monoisotopic (exact) mass is 920 g/mol. The SMILES string of the molecule is COC[C@@H]1C[C@@H](C)CC/C=C\[C@H]2C[C@]2(C(=O)NS(=O)(=O)C2(C)CC2)NC(=O)[C@@H]2C[C@@H](Oc3nc4cc(OC)ccc4nc3C(F)(F)F)CN2C(=O)[C@H]1NC(=O)OC(C)(C)C(F)(F)F. The number of halogens is 6. The fourth-order valence-electron chi connectivity index (χ4n) is 7.81. The normalized spacial score (nSPS) is 28.3. The van der Waals surface area contributed by atoms with Gasteiger partial charge in [0.05, 0.1) is 36.0 Å². The summed E-state index contributed by atoms with van der Waals surface area (Å²) in [5.74, 6) is -5.81. The lowest BCUT2D eigenvalue weighted by molar-refractivity contribution is -0.244. The van der Waals surface area contributed by atoms with Crippen LogP contribution in [-0.4, -0.2) is 115 Å². The number of rotatable bonds is 10. The van der Waals surface area contributed by atoms with Crippen LogP contribution in [0.4, 0.5) is 31.1 Å². The molecule has 63 heavy (non-hydrogen) atoms. The molecule has 6 rings (SSSR count). The van der Waals surface area contributed by atoms with E-state index in [1.807, 2.05) is 6.92 Å². The summed E-state index contributed by atoms with van der Waals surface area (Å²) in [6.07, 6.45) is -8.77. The van der Waals surface area contributed by atoms with Crippen molar-refractivity contribution in [2.24, 2.45) is 17.8 Å². The number of carbonyl (C=O) groups excluding carboxylic acids is 4. The van der Waals surface area contributed by atoms with E-state index in [-0.39, 0.29) is 42.1 Å². The molecule has 7 atom stereocenters. The molecule has 1 aromatic heterocycles. The molecule has 23 heteroatoms. The highest BCUT2D eigenvalue weighted by molar-refractivity contribution is 7.91. The number of hydrogen-bond donors (Lipinski definition) is 3. The van der Waals surface area contributed by atoms with E-state index < -0.39 is 117 Å². The molecule has 1 aromatic carbocycles. The molecule has 348 valence electrons. The number of nitrogens with zero attached hydrogens (tertiary/aromatic N) is 3. The van der Waals surface area contributed by atoms with Crippen LogP contribution in [0.1, 0.15) is 78.3 Å². The lowest BCUT2D eigenvalue weighted by atomic mass is 9.87. The summed E-state index contributed by atoms with van der Waals surface area (Å²) in [4.78, 5) is 65.4. The quantitative estimate of drug-likeness (QED) is 0.214. The maximum atomic E-state index is 14.9. The topological polar surface area (TPSA) is 204 Å². The van der Waals surface area contributed by atoms with Crippen molar-refractivity contribution in [1.82, 2.24) is 30.2 Å². The first-order valence-electron chi connectivity index (χ1n) is 20.2. The Morgan fingerprint density at radius 3 is 2.35 bits per heavy atom. The average Bonchev–Trinajstić information content (AvgIpc) is 4.06. The molecule has 4 amide bonds. The fraction of sp³-hybridized carbons (Fsp3) is 0.650. The van der Waals surface area contributed by atoms with E-state index in [1.165, 1.54) is 39.3 Å². The molecular weight excluding hydrogens is 871 g/mol. The number of nitrogens with one attached hydrogen (secondary N) is 3. The van der Waals surface area contributed by atoms with Crippen molar-refractivity contribution in [3.63, 3.8) is 0 Å². The Hall–Kier alpha value is -4.93. The Labute approximate surface area is 359 Å². The van der Waals surface area contributed by atoms with E-state index in [0.29, 0.717) is 39.5 Å². The predicted octanol–water partition coefficient (Wildman–Crippen LogP) is 4.95. The molecule has 1 saturated heterocycles. The van der Waals surface area contributed by atoms with Crippen LogP contribution in [0.3, 0.4) is 0 Å². The molecule has 0 radical (unpaired) electrons. The molecule has 2 saturated carbocycles. The van der Waals surface area contributed by atoms with E-state index in [0.717, 1.165) is 4.90 Å². The maximum Gasteiger partial charge on any atom is 0.438 e. The molecule has 3 heterocycles. The Balaban J connectivity index is 1.41. The zero-order valence-corrected chi connectivity index (χ0v) is 36.1. The van der Waals surface area contributed by atoms with Gasteiger partial charge in [-0.1, -0.05) is 19.1 Å². The number of carbonyl (C=O) groups is 4. The minimum Gasteiger partial charge on any atom is -0.497 e. The van der Waals surface area contributed by atoms with Gasteiger partial charge in [0.25, 0.3) is 5.91 Å². The second kappa shape index (κ2) is 17.2. The first-order chi connectivity index (χ1) is 29.2. The van der Waals surface area contributed by atoms with Gasteiger partial charge in [-0.05, 0) is 77.3 Å². The second-order valence-electron chi connectivity index (χ2n) is 17.4. The Bertz CT molecular complexity index is 2250. The maximum absolute atomic E-state index is 14.9. The highest BCUT2D eigenvalue weighted by Crippen LogP contribution is 2.48. The molecule has 0 unspecified atom stereocenters. The van der Waals surface area contributed by atoms with Gasteiger partial charge in [-0.25, -0.2) is 23.2 Å². The zero-order valence-electron chi connectivity index (χ0n) is 35.3. The van der Waals surface area contributed by atoms with E-state index in [4.69, 9.17) is 18.9 Å². The average molecular weight is 921 g/mol. The minimum atomic E-state index is -5.11. The molecule has 3 fully saturated rings. The van der Waals surface area contributed by atoms with Crippen LogP contribution in [0, 0.1) is 17.8 Å². The van der Waals surface area contributed by atoms with Crippen molar-refractivity contribution in [2.75, 3.05) is 27.4 Å². The highest BCUT2D eigenvalue weighted by Gasteiger charge is 2.63. The Kier molecular flexibility index (Phi) is 13.0. The van der Waals surface area contributed by atoms with Crippen molar-refractivity contribution >= 4 is 44.9 Å². The molecule has 2 aromatic rings. The third-order valence-electron chi connectivity index (χ3n) is 12.2. The number of alkyl halides is 6. The molecule has 3 N–H and O–H groups in total. The van der Waals surface area contributed by atoms with Crippen LogP contribution < -0.4 is 24.8 Å². The van der Waals surface area contributed by atoms with Crippen LogP contribution in [0.25, 0.3) is 11.0 Å². The Morgan fingerprint density at radius 1 is 1.03 bits per heavy atom. The summed E-state index contributed by atoms with van der Waals surface area (Å²) >= 11 is 0. The highest BCUT2D eigenvalue weighted by atomic mass is 32.2. The number of ether oxygens (including phenoxy) is 4. The van der Waals surface area contributed by atoms with E-state index in [2.05, 4.69) is 25.3 Å². The van der Waals surface area contributed by atoms with E-state index in [1.54, 1.807) is 12.2 Å². The lowest BCUT2D eigenvalue weighted by Crippen LogP contribution is -2.60. The van der Waals surface area contributed by atoms with Crippen LogP contribution in [0.5, 0.6) is 11.6 Å². The van der Waals surface area contributed by atoms with Crippen molar-refractivity contribution in [1.29, 1.82) is 0 Å². The molecule has 0 spiro atoms. The number of methoxy groups -OCH3 is 2. The van der Waals surface area contributed by atoms with Crippen LogP contribution in [0.2, 0.25) is 0 Å². The fourth-order valence-corrected chi connectivity index (χ4v) is 9.12. The van der Waals surface area contributed by atoms with Gasteiger partial charge in [0, 0.05) is 31.4 Å². The summed E-state index contributed by atoms with van der Waals surface area (Å²) in [5.41, 5.74) is -6.60. The van der Waals surface area contributed by atoms with Crippen molar-refractivity contribution < 1.29 is 72.9 Å². The van der Waals surface area contributed by atoms with Gasteiger partial charge in [-0.2, -0.15) is 26.3 Å². The van der Waals surface area contributed by atoms with E-state index in [9.17, 15) is 53.9 Å². The number of hydrogen-bond acceptors (Lipinski definition) is 12. The minimum absolute atomic E-state index is 0.0462. The third kappa shape index (κ3) is 10.1. The largest absolute Gasteiger partial charge is 0.497 e. The number of alkyl carbamates (subject to hydrolysis) is 1. The van der Waals surface area contributed by atoms with Crippen LogP contribution in [-0.2, 0) is 40.1 Å². The smallest absolute Gasteiger partial charge is 0.438 e. The molecular formula is C40H50F6N6O10S. The van der Waals surface area contributed by atoms with Gasteiger partial charge in [0.15, 0.2) is 0 Å². The molecule has 4 aliphatic rings. The van der Waals surface area contributed by atoms with Gasteiger partial charge in [0.1, 0.15) is 29.5 Å². The van der Waals surface area contributed by atoms with Gasteiger partial charge in [0.2, 0.25) is 39.0 Å². The van der Waals surface area contributed by atoms with Gasteiger partial charge in [-0.15, -0.1) is 0 Å². The summed E-state index contributed by atoms with van der Waals surface area (Å²) in [5, 5.41) is 4.88. The first-order valence-corrected chi connectivity index (χ1v) is 21.7. The molecule has 0 bridgehead atoms. The second-order valence-corrected chi connectivity index (χ2v) is 19.6. The van der Waals surface area contributed by atoms with Crippen molar-refractivity contribution in [3.05, 3.63) is 36.0 Å². The standard InChI is InChI=1S/C40H50F6N6O10S/c1-21-9-7-8-10-23-18-38(23,34(55)51-63(57,58)37(4)13-14-37)50-31(53)28-17-25(61-32-30(39(41,42)43)47-26-12-11-24(60-6)16-27(26)48-32)19-52(28)33(54)29(22(15-21)20-59-5)49-35(56)62-36(2,3)40(44,45)46/h8,10-12,16,21-23,25,28-29H,7,9,13-15,17-20H2,1-6H3,(H,49,56)(H,50,53)(H,51,55)/b10-8-/t21-,22-,23-,25+,28-,29-,38-/m0/s1. The predicted molar refractivity (Wildman–Crippen MR) is 210 cm³/mol. The molecule has 2 aliphatic heterocycles. The molecule has 2 aliphatic carbocycles.